The number of para-hydroxylation sites is 1. The largest absolute Gasteiger partial charge is 0.497 e. The SMILES string of the molecule is COc1ccc2c(c1)-c1c(ssc1=Nc1cc(Cl)ccc1Oc1ccccc1)C(C)(C)N2. The highest BCUT2D eigenvalue weighted by molar-refractivity contribution is 7.68. The van der Waals surface area contributed by atoms with Crippen molar-refractivity contribution in [1.29, 1.82) is 0 Å². The highest BCUT2D eigenvalue weighted by atomic mass is 35.5. The summed E-state index contributed by atoms with van der Waals surface area (Å²) in [5.41, 5.74) is 3.77. The Bertz CT molecular complexity index is 1360. The number of rotatable bonds is 4. The van der Waals surface area contributed by atoms with Crippen LogP contribution in [0.15, 0.2) is 71.7 Å². The number of nitrogens with one attached hydrogen (secondary N) is 1. The summed E-state index contributed by atoms with van der Waals surface area (Å²) in [5.74, 6) is 2.23. The molecule has 0 bridgehead atoms. The first-order valence-corrected chi connectivity index (χ1v) is 12.6. The third kappa shape index (κ3) is 3.90. The Morgan fingerprint density at radius 3 is 2.53 bits per heavy atom. The molecule has 4 aromatic rings. The van der Waals surface area contributed by atoms with Gasteiger partial charge in [0, 0.05) is 21.8 Å². The molecule has 162 valence electrons. The molecule has 2 heterocycles. The average Bonchev–Trinajstić information content (AvgIpc) is 3.21. The molecular weight excluding hydrogens is 460 g/mol. The maximum atomic E-state index is 6.33. The van der Waals surface area contributed by atoms with Crippen molar-refractivity contribution in [2.45, 2.75) is 19.4 Å². The standard InChI is InChI=1S/C25H21ClN2O2S2/c1-25(2)23-22(18-14-17(29-3)10-11-19(18)28-25)24(32-31-23)27-20-13-15(26)9-12-21(20)30-16-7-5-4-6-8-16/h4-14,28H,1-3H3. The van der Waals surface area contributed by atoms with E-state index in [9.17, 15) is 0 Å². The molecule has 0 atom stereocenters. The van der Waals surface area contributed by atoms with Gasteiger partial charge in [-0.05, 0) is 62.4 Å². The Morgan fingerprint density at radius 2 is 1.75 bits per heavy atom. The van der Waals surface area contributed by atoms with Crippen LogP contribution in [0.2, 0.25) is 5.02 Å². The van der Waals surface area contributed by atoms with Gasteiger partial charge in [0.25, 0.3) is 0 Å². The van der Waals surface area contributed by atoms with E-state index < -0.39 is 0 Å². The van der Waals surface area contributed by atoms with Crippen molar-refractivity contribution in [1.82, 2.24) is 0 Å². The second-order valence-electron chi connectivity index (χ2n) is 7.98. The Kier molecular flexibility index (Phi) is 5.45. The van der Waals surface area contributed by atoms with Gasteiger partial charge in [-0.25, -0.2) is 4.99 Å². The topological polar surface area (TPSA) is 42.9 Å². The van der Waals surface area contributed by atoms with Crippen molar-refractivity contribution in [3.05, 3.63) is 81.3 Å². The summed E-state index contributed by atoms with van der Waals surface area (Å²) in [4.78, 5) is 6.29. The van der Waals surface area contributed by atoms with E-state index in [1.165, 1.54) is 4.88 Å². The Morgan fingerprint density at radius 1 is 0.938 bits per heavy atom. The lowest BCUT2D eigenvalue weighted by Crippen LogP contribution is -2.31. The highest BCUT2D eigenvalue weighted by Gasteiger charge is 2.33. The van der Waals surface area contributed by atoms with E-state index in [1.807, 2.05) is 54.6 Å². The van der Waals surface area contributed by atoms with Crippen LogP contribution in [0.4, 0.5) is 11.4 Å². The summed E-state index contributed by atoms with van der Waals surface area (Å²) in [6, 6.07) is 21.3. The molecule has 0 fully saturated rings. The van der Waals surface area contributed by atoms with Gasteiger partial charge in [0.15, 0.2) is 5.75 Å². The maximum Gasteiger partial charge on any atom is 0.153 e. The second kappa shape index (κ2) is 8.28. The molecule has 7 heteroatoms. The molecule has 0 saturated carbocycles. The number of halogens is 1. The summed E-state index contributed by atoms with van der Waals surface area (Å²) >= 11 is 6.33. The van der Waals surface area contributed by atoms with Crippen LogP contribution in [0.5, 0.6) is 17.2 Å². The van der Waals surface area contributed by atoms with Crippen LogP contribution < -0.4 is 19.5 Å². The second-order valence-corrected chi connectivity index (χ2v) is 10.5. The monoisotopic (exact) mass is 480 g/mol. The van der Waals surface area contributed by atoms with Gasteiger partial charge < -0.3 is 14.8 Å². The summed E-state index contributed by atoms with van der Waals surface area (Å²) < 4.78 is 12.5. The summed E-state index contributed by atoms with van der Waals surface area (Å²) in [6.07, 6.45) is 0. The highest BCUT2D eigenvalue weighted by Crippen LogP contribution is 2.46. The first kappa shape index (κ1) is 21.1. The molecule has 3 aromatic carbocycles. The first-order valence-electron chi connectivity index (χ1n) is 10.1. The zero-order valence-corrected chi connectivity index (χ0v) is 20.2. The van der Waals surface area contributed by atoms with Crippen LogP contribution in [-0.4, -0.2) is 7.11 Å². The number of methoxy groups -OCH3 is 1. The molecule has 32 heavy (non-hydrogen) atoms. The lowest BCUT2D eigenvalue weighted by molar-refractivity contribution is 0.415. The number of nitrogens with zero attached hydrogens (tertiary/aromatic N) is 1. The summed E-state index contributed by atoms with van der Waals surface area (Å²) in [5, 5.41) is 4.26. The van der Waals surface area contributed by atoms with Crippen LogP contribution in [0, 0.1) is 0 Å². The fourth-order valence-corrected chi connectivity index (χ4v) is 6.84. The zero-order valence-electron chi connectivity index (χ0n) is 17.8. The average molecular weight is 481 g/mol. The van der Waals surface area contributed by atoms with E-state index >= 15 is 0 Å². The van der Waals surface area contributed by atoms with E-state index in [4.69, 9.17) is 26.1 Å². The Labute approximate surface area is 199 Å². The van der Waals surface area contributed by atoms with E-state index in [0.29, 0.717) is 16.5 Å². The Hall–Kier alpha value is -2.80. The van der Waals surface area contributed by atoms with E-state index in [-0.39, 0.29) is 5.54 Å². The van der Waals surface area contributed by atoms with Gasteiger partial charge in [-0.1, -0.05) is 50.5 Å². The van der Waals surface area contributed by atoms with Gasteiger partial charge in [-0.2, -0.15) is 0 Å². The molecule has 0 amide bonds. The van der Waals surface area contributed by atoms with Crippen LogP contribution in [0.25, 0.3) is 11.1 Å². The molecule has 0 unspecified atom stereocenters. The van der Waals surface area contributed by atoms with Gasteiger partial charge in [-0.15, -0.1) is 0 Å². The van der Waals surface area contributed by atoms with Crippen molar-refractivity contribution in [2.24, 2.45) is 4.99 Å². The third-order valence-corrected chi connectivity index (χ3v) is 8.15. The number of hydrogen-bond acceptors (Lipinski definition) is 6. The number of fused-ring (bicyclic) bond motifs is 3. The van der Waals surface area contributed by atoms with Crippen molar-refractivity contribution in [2.75, 3.05) is 12.4 Å². The molecule has 4 nitrogen and oxygen atoms in total. The zero-order chi connectivity index (χ0) is 22.3. The molecule has 1 aromatic heterocycles. The third-order valence-electron chi connectivity index (χ3n) is 5.27. The van der Waals surface area contributed by atoms with Gasteiger partial charge in [0.05, 0.1) is 17.5 Å². The van der Waals surface area contributed by atoms with Crippen LogP contribution in [-0.2, 0) is 5.54 Å². The molecule has 0 radical (unpaired) electrons. The molecular formula is C25H21ClN2O2S2. The van der Waals surface area contributed by atoms with Crippen LogP contribution in [0.3, 0.4) is 0 Å². The predicted octanol–water partition coefficient (Wildman–Crippen LogP) is 7.82. The van der Waals surface area contributed by atoms with Gasteiger partial charge in [0.1, 0.15) is 21.9 Å². The fourth-order valence-electron chi connectivity index (χ4n) is 3.74. The molecule has 0 spiro atoms. The molecule has 0 saturated heterocycles. The van der Waals surface area contributed by atoms with Crippen LogP contribution in [0.1, 0.15) is 18.7 Å². The van der Waals surface area contributed by atoms with Gasteiger partial charge in [-0.3, -0.25) is 0 Å². The van der Waals surface area contributed by atoms with Gasteiger partial charge in [0.2, 0.25) is 0 Å². The van der Waals surface area contributed by atoms with Crippen molar-refractivity contribution < 1.29 is 9.47 Å². The lowest BCUT2D eigenvalue weighted by Gasteiger charge is -2.33. The number of anilines is 1. The maximum absolute atomic E-state index is 6.33. The normalized spacial score (nSPS) is 14.3. The van der Waals surface area contributed by atoms with Crippen LogP contribution >= 0.6 is 32.3 Å². The van der Waals surface area contributed by atoms with E-state index in [1.54, 1.807) is 27.8 Å². The lowest BCUT2D eigenvalue weighted by atomic mass is 9.90. The first-order chi connectivity index (χ1) is 15.4. The Balaban J connectivity index is 1.69. The molecule has 1 aliphatic rings. The fraction of sp³-hybridized carbons (Fsp3) is 0.160. The van der Waals surface area contributed by atoms with Gasteiger partial charge >= 0.3 is 0 Å². The quantitative estimate of drug-likeness (QED) is 0.303. The molecule has 0 aliphatic carbocycles. The predicted molar refractivity (Wildman–Crippen MR) is 134 cm³/mol. The van der Waals surface area contributed by atoms with Crippen molar-refractivity contribution in [3.8, 4) is 28.4 Å². The molecule has 1 aliphatic heterocycles. The van der Waals surface area contributed by atoms with E-state index in [0.717, 1.165) is 33.0 Å². The van der Waals surface area contributed by atoms with Crippen molar-refractivity contribution >= 4 is 43.7 Å². The van der Waals surface area contributed by atoms with Crippen molar-refractivity contribution in [3.63, 3.8) is 0 Å². The number of ether oxygens (including phenoxy) is 2. The minimum absolute atomic E-state index is 0.205. The summed E-state index contributed by atoms with van der Waals surface area (Å²) in [7, 11) is 5.08. The number of benzene rings is 3. The minimum Gasteiger partial charge on any atom is -0.497 e. The minimum atomic E-state index is -0.205. The molecule has 1 N–H and O–H groups in total. The molecule has 5 rings (SSSR count). The smallest absolute Gasteiger partial charge is 0.153 e. The summed E-state index contributed by atoms with van der Waals surface area (Å²) in [6.45, 7) is 4.38. The number of hydrogen-bond donors (Lipinski definition) is 1. The van der Waals surface area contributed by atoms with E-state index in [2.05, 4.69) is 31.3 Å².